The number of furan rings is 1. The van der Waals surface area contributed by atoms with Crippen LogP contribution in [0.15, 0.2) is 69.9 Å². The molecular formula is C19H16BrN3O3. The van der Waals surface area contributed by atoms with E-state index in [9.17, 15) is 9.59 Å². The molecule has 3 rings (SSSR count). The minimum atomic E-state index is -0.337. The van der Waals surface area contributed by atoms with Gasteiger partial charge in [0.05, 0.1) is 18.7 Å². The van der Waals surface area contributed by atoms with Gasteiger partial charge < -0.3 is 15.1 Å². The third kappa shape index (κ3) is 5.03. The summed E-state index contributed by atoms with van der Waals surface area (Å²) in [6.45, 7) is 0.395. The molecule has 3 aromatic rings. The first kappa shape index (κ1) is 17.9. The van der Waals surface area contributed by atoms with Gasteiger partial charge in [-0.2, -0.15) is 0 Å². The van der Waals surface area contributed by atoms with E-state index < -0.39 is 0 Å². The van der Waals surface area contributed by atoms with Crippen LogP contribution >= 0.6 is 15.9 Å². The number of anilines is 1. The minimum absolute atomic E-state index is 0.0899. The molecule has 7 heteroatoms. The molecule has 0 fully saturated rings. The Labute approximate surface area is 158 Å². The second kappa shape index (κ2) is 8.44. The van der Waals surface area contributed by atoms with Crippen LogP contribution in [-0.4, -0.2) is 16.8 Å². The lowest BCUT2D eigenvalue weighted by molar-refractivity contribution is -0.120. The van der Waals surface area contributed by atoms with E-state index in [1.54, 1.807) is 42.6 Å². The van der Waals surface area contributed by atoms with E-state index in [0.717, 1.165) is 11.3 Å². The Kier molecular flexibility index (Phi) is 5.80. The average Bonchev–Trinajstić information content (AvgIpc) is 3.09. The standard InChI is InChI=1S/C19H16BrN3O3/c20-17-9-8-16(26-17)19(25)23-14-6-4-13(5-7-14)11-18(24)22-12-15-3-1-2-10-21-15/h1-10H,11-12H2,(H,22,24)(H,23,25). The van der Waals surface area contributed by atoms with Crippen molar-refractivity contribution in [2.75, 3.05) is 5.32 Å². The maximum Gasteiger partial charge on any atom is 0.291 e. The van der Waals surface area contributed by atoms with Crippen LogP contribution in [0.2, 0.25) is 0 Å². The van der Waals surface area contributed by atoms with Crippen LogP contribution in [0.25, 0.3) is 0 Å². The van der Waals surface area contributed by atoms with Crippen molar-refractivity contribution in [3.63, 3.8) is 0 Å². The van der Waals surface area contributed by atoms with Crippen LogP contribution in [0.5, 0.6) is 0 Å². The van der Waals surface area contributed by atoms with Crippen LogP contribution in [0.1, 0.15) is 21.8 Å². The number of carbonyl (C=O) groups is 2. The fourth-order valence-corrected chi connectivity index (χ4v) is 2.58. The predicted octanol–water partition coefficient (Wildman–Crippen LogP) is 3.55. The molecule has 0 saturated heterocycles. The fourth-order valence-electron chi connectivity index (χ4n) is 2.27. The van der Waals surface area contributed by atoms with E-state index in [4.69, 9.17) is 4.42 Å². The number of benzene rings is 1. The molecular weight excluding hydrogens is 398 g/mol. The number of pyridine rings is 1. The van der Waals surface area contributed by atoms with Crippen molar-refractivity contribution in [3.8, 4) is 0 Å². The number of aromatic nitrogens is 1. The summed E-state index contributed by atoms with van der Waals surface area (Å²) in [5, 5.41) is 5.57. The molecule has 0 aliphatic rings. The first-order valence-electron chi connectivity index (χ1n) is 7.92. The normalized spacial score (nSPS) is 10.3. The molecule has 0 atom stereocenters. The molecule has 2 aromatic heterocycles. The summed E-state index contributed by atoms with van der Waals surface area (Å²) >= 11 is 3.16. The zero-order valence-electron chi connectivity index (χ0n) is 13.7. The molecule has 0 aliphatic carbocycles. The zero-order valence-corrected chi connectivity index (χ0v) is 15.3. The summed E-state index contributed by atoms with van der Waals surface area (Å²) in [6.07, 6.45) is 1.95. The summed E-state index contributed by atoms with van der Waals surface area (Å²) in [6, 6.07) is 15.9. The first-order chi connectivity index (χ1) is 12.6. The van der Waals surface area contributed by atoms with Crippen LogP contribution in [0, 0.1) is 0 Å². The van der Waals surface area contributed by atoms with Crippen LogP contribution in [-0.2, 0) is 17.8 Å². The highest BCUT2D eigenvalue weighted by Gasteiger charge is 2.11. The number of nitrogens with zero attached hydrogens (tertiary/aromatic N) is 1. The van der Waals surface area contributed by atoms with E-state index in [1.165, 1.54) is 0 Å². The summed E-state index contributed by atoms with van der Waals surface area (Å²) in [5.74, 6) is -0.209. The minimum Gasteiger partial charge on any atom is -0.444 e. The Morgan fingerprint density at radius 1 is 1.04 bits per heavy atom. The van der Waals surface area contributed by atoms with Gasteiger partial charge in [0.1, 0.15) is 0 Å². The number of halogens is 1. The Morgan fingerprint density at radius 2 is 1.85 bits per heavy atom. The molecule has 0 saturated carbocycles. The first-order valence-corrected chi connectivity index (χ1v) is 8.72. The van der Waals surface area contributed by atoms with Gasteiger partial charge in [-0.05, 0) is 57.9 Å². The maximum atomic E-state index is 12.0. The molecule has 0 spiro atoms. The fraction of sp³-hybridized carbons (Fsp3) is 0.105. The van der Waals surface area contributed by atoms with Crippen LogP contribution < -0.4 is 10.6 Å². The smallest absolute Gasteiger partial charge is 0.291 e. The number of nitrogens with one attached hydrogen (secondary N) is 2. The third-order valence-corrected chi connectivity index (χ3v) is 3.99. The molecule has 26 heavy (non-hydrogen) atoms. The molecule has 6 nitrogen and oxygen atoms in total. The highest BCUT2D eigenvalue weighted by atomic mass is 79.9. The second-order valence-corrected chi connectivity index (χ2v) is 6.31. The molecule has 1 aromatic carbocycles. The SMILES string of the molecule is O=C(Cc1ccc(NC(=O)c2ccc(Br)o2)cc1)NCc1ccccn1. The highest BCUT2D eigenvalue weighted by Crippen LogP contribution is 2.16. The van der Waals surface area contributed by atoms with Gasteiger partial charge >= 0.3 is 0 Å². The lowest BCUT2D eigenvalue weighted by atomic mass is 10.1. The number of hydrogen-bond acceptors (Lipinski definition) is 4. The Balaban J connectivity index is 1.51. The molecule has 0 aliphatic heterocycles. The van der Waals surface area contributed by atoms with Gasteiger partial charge in [0.15, 0.2) is 10.4 Å². The van der Waals surface area contributed by atoms with Gasteiger partial charge in [0.25, 0.3) is 5.91 Å². The van der Waals surface area contributed by atoms with Crippen LogP contribution in [0.4, 0.5) is 5.69 Å². The van der Waals surface area contributed by atoms with Gasteiger partial charge in [0, 0.05) is 11.9 Å². The number of hydrogen-bond donors (Lipinski definition) is 2. The summed E-state index contributed by atoms with van der Waals surface area (Å²) < 4.78 is 5.70. The van der Waals surface area contributed by atoms with Crippen LogP contribution in [0.3, 0.4) is 0 Å². The Morgan fingerprint density at radius 3 is 2.50 bits per heavy atom. The van der Waals surface area contributed by atoms with Gasteiger partial charge in [0.2, 0.25) is 5.91 Å². The van der Waals surface area contributed by atoms with Crippen molar-refractivity contribution in [2.45, 2.75) is 13.0 Å². The monoisotopic (exact) mass is 413 g/mol. The van der Waals surface area contributed by atoms with E-state index in [0.29, 0.717) is 16.9 Å². The lowest BCUT2D eigenvalue weighted by Gasteiger charge is -2.07. The number of rotatable bonds is 6. The lowest BCUT2D eigenvalue weighted by Crippen LogP contribution is -2.24. The van der Waals surface area contributed by atoms with E-state index in [-0.39, 0.29) is 24.0 Å². The molecule has 0 bridgehead atoms. The molecule has 2 amide bonds. The largest absolute Gasteiger partial charge is 0.444 e. The van der Waals surface area contributed by atoms with Gasteiger partial charge in [-0.1, -0.05) is 18.2 Å². The second-order valence-electron chi connectivity index (χ2n) is 5.53. The maximum absolute atomic E-state index is 12.0. The number of carbonyl (C=O) groups excluding carboxylic acids is 2. The summed E-state index contributed by atoms with van der Waals surface area (Å²) in [4.78, 5) is 28.2. The van der Waals surface area contributed by atoms with E-state index >= 15 is 0 Å². The molecule has 2 N–H and O–H groups in total. The topological polar surface area (TPSA) is 84.2 Å². The summed E-state index contributed by atoms with van der Waals surface area (Å²) in [5.41, 5.74) is 2.28. The highest BCUT2D eigenvalue weighted by molar-refractivity contribution is 9.10. The van der Waals surface area contributed by atoms with E-state index in [2.05, 4.69) is 31.5 Å². The molecule has 0 unspecified atom stereocenters. The van der Waals surface area contributed by atoms with Gasteiger partial charge in [-0.25, -0.2) is 0 Å². The Hall–Kier alpha value is -2.93. The predicted molar refractivity (Wildman–Crippen MR) is 101 cm³/mol. The molecule has 2 heterocycles. The van der Waals surface area contributed by atoms with Crippen molar-refractivity contribution in [1.82, 2.24) is 10.3 Å². The van der Waals surface area contributed by atoms with Crippen molar-refractivity contribution >= 4 is 33.4 Å². The van der Waals surface area contributed by atoms with Gasteiger partial charge in [-0.3, -0.25) is 14.6 Å². The average molecular weight is 414 g/mol. The molecule has 132 valence electrons. The molecule has 0 radical (unpaired) electrons. The van der Waals surface area contributed by atoms with Crippen molar-refractivity contribution in [2.24, 2.45) is 0 Å². The number of amides is 2. The van der Waals surface area contributed by atoms with Crippen molar-refractivity contribution in [3.05, 3.63) is 82.5 Å². The Bertz CT molecular complexity index is 892. The zero-order chi connectivity index (χ0) is 18.4. The quantitative estimate of drug-likeness (QED) is 0.646. The van der Waals surface area contributed by atoms with E-state index in [1.807, 2.05) is 18.2 Å². The third-order valence-electron chi connectivity index (χ3n) is 3.57. The summed E-state index contributed by atoms with van der Waals surface area (Å²) in [7, 11) is 0. The van der Waals surface area contributed by atoms with Gasteiger partial charge in [-0.15, -0.1) is 0 Å². The van der Waals surface area contributed by atoms with Crippen molar-refractivity contribution in [1.29, 1.82) is 0 Å². The van der Waals surface area contributed by atoms with Crippen molar-refractivity contribution < 1.29 is 14.0 Å².